The fraction of sp³-hybridized carbons (Fsp3) is 0.200. The van der Waals surface area contributed by atoms with Gasteiger partial charge in [0, 0.05) is 5.56 Å². The molecule has 0 unspecified atom stereocenters. The summed E-state index contributed by atoms with van der Waals surface area (Å²) < 4.78 is 4.44. The molecule has 4 heteroatoms. The molecule has 0 fully saturated rings. The van der Waals surface area contributed by atoms with E-state index in [1.54, 1.807) is 0 Å². The van der Waals surface area contributed by atoms with Crippen LogP contribution in [0.25, 0.3) is 0 Å². The van der Waals surface area contributed by atoms with E-state index < -0.39 is 5.97 Å². The van der Waals surface area contributed by atoms with Crippen molar-refractivity contribution in [1.82, 2.24) is 0 Å². The summed E-state index contributed by atoms with van der Waals surface area (Å²) in [6.07, 6.45) is 0. The van der Waals surface area contributed by atoms with Crippen LogP contribution in [-0.4, -0.2) is 24.0 Å². The summed E-state index contributed by atoms with van der Waals surface area (Å²) in [5.74, 6) is -1.03. The Morgan fingerprint density at radius 3 is 2.50 bits per heavy atom. The fourth-order valence-electron chi connectivity index (χ4n) is 1.03. The highest BCUT2D eigenvalue weighted by Crippen LogP contribution is 2.19. The van der Waals surface area contributed by atoms with Gasteiger partial charge in [-0.2, -0.15) is 0 Å². The lowest BCUT2D eigenvalue weighted by atomic mass is 10.1. The van der Waals surface area contributed by atoms with Crippen LogP contribution in [0.2, 0.25) is 0 Å². The summed E-state index contributed by atoms with van der Waals surface area (Å²) >= 11 is 0. The van der Waals surface area contributed by atoms with E-state index >= 15 is 0 Å². The standard InChI is InChI=1S/C10H10O4/c1-6(11)7-3-4-9(12)8(5-7)10(13)14-2/h3-5,12H,1-2H3/i6+1. The molecule has 0 aliphatic rings. The van der Waals surface area contributed by atoms with Crippen LogP contribution in [0, 0.1) is 0 Å². The van der Waals surface area contributed by atoms with Gasteiger partial charge >= 0.3 is 5.97 Å². The van der Waals surface area contributed by atoms with Crippen molar-refractivity contribution in [2.75, 3.05) is 7.11 Å². The molecule has 1 N–H and O–H groups in total. The van der Waals surface area contributed by atoms with E-state index in [1.807, 2.05) is 0 Å². The van der Waals surface area contributed by atoms with Gasteiger partial charge in [0.05, 0.1) is 7.11 Å². The minimum absolute atomic E-state index is 0.000185. The number of hydrogen-bond donors (Lipinski definition) is 1. The number of rotatable bonds is 2. The third-order valence-corrected chi connectivity index (χ3v) is 1.81. The number of hydrogen-bond acceptors (Lipinski definition) is 4. The zero-order valence-corrected chi connectivity index (χ0v) is 7.90. The highest BCUT2D eigenvalue weighted by atomic mass is 16.5. The molecule has 0 aliphatic heterocycles. The van der Waals surface area contributed by atoms with Gasteiger partial charge in [0.15, 0.2) is 5.78 Å². The number of carbonyl (C=O) groups is 2. The number of phenolic OH excluding ortho intramolecular Hbond substituents is 1. The number of methoxy groups -OCH3 is 1. The molecule has 4 nitrogen and oxygen atoms in total. The van der Waals surface area contributed by atoms with Gasteiger partial charge in [-0.05, 0) is 25.1 Å². The van der Waals surface area contributed by atoms with Crippen LogP contribution >= 0.6 is 0 Å². The molecule has 1 aromatic carbocycles. The first-order valence-electron chi connectivity index (χ1n) is 3.98. The van der Waals surface area contributed by atoms with Gasteiger partial charge in [0.25, 0.3) is 0 Å². The van der Waals surface area contributed by atoms with Crippen molar-refractivity contribution in [2.24, 2.45) is 0 Å². The second kappa shape index (κ2) is 3.91. The van der Waals surface area contributed by atoms with E-state index in [9.17, 15) is 14.7 Å². The maximum atomic E-state index is 11.1. The topological polar surface area (TPSA) is 63.6 Å². The molecule has 1 aromatic rings. The van der Waals surface area contributed by atoms with Gasteiger partial charge in [0.1, 0.15) is 11.3 Å². The summed E-state index contributed by atoms with van der Waals surface area (Å²) in [7, 11) is 1.21. The Bertz CT molecular complexity index is 382. The molecule has 0 saturated heterocycles. The van der Waals surface area contributed by atoms with Crippen LogP contribution in [0.5, 0.6) is 5.75 Å². The number of benzene rings is 1. The number of carbonyl (C=O) groups excluding carboxylic acids is 2. The summed E-state index contributed by atoms with van der Waals surface area (Å²) in [5.41, 5.74) is 0.364. The van der Waals surface area contributed by atoms with Crippen LogP contribution in [0.4, 0.5) is 0 Å². The van der Waals surface area contributed by atoms with E-state index in [0.29, 0.717) is 5.56 Å². The summed E-state index contributed by atoms with van der Waals surface area (Å²) in [6, 6.07) is 4.05. The lowest BCUT2D eigenvalue weighted by Gasteiger charge is -2.03. The van der Waals surface area contributed by atoms with Crippen LogP contribution in [0.15, 0.2) is 18.2 Å². The van der Waals surface area contributed by atoms with Crippen molar-refractivity contribution >= 4 is 11.8 Å². The van der Waals surface area contributed by atoms with E-state index in [0.717, 1.165) is 0 Å². The smallest absolute Gasteiger partial charge is 0.341 e. The Hall–Kier alpha value is -1.84. The normalized spacial score (nSPS) is 9.57. The molecule has 14 heavy (non-hydrogen) atoms. The molecule has 0 heterocycles. The van der Waals surface area contributed by atoms with E-state index in [4.69, 9.17) is 0 Å². The highest BCUT2D eigenvalue weighted by molar-refractivity contribution is 5.99. The summed E-state index contributed by atoms with van der Waals surface area (Å²) in [6.45, 7) is 1.38. The lowest BCUT2D eigenvalue weighted by molar-refractivity contribution is 0.0597. The number of esters is 1. The molecule has 74 valence electrons. The maximum Gasteiger partial charge on any atom is 0.341 e. The van der Waals surface area contributed by atoms with Crippen molar-refractivity contribution in [3.05, 3.63) is 29.3 Å². The predicted molar refractivity (Wildman–Crippen MR) is 49.5 cm³/mol. The van der Waals surface area contributed by atoms with Gasteiger partial charge in [-0.25, -0.2) is 4.79 Å². The van der Waals surface area contributed by atoms with Gasteiger partial charge in [-0.15, -0.1) is 0 Å². The Balaban J connectivity index is 3.21. The molecule has 0 saturated carbocycles. The van der Waals surface area contributed by atoms with Crippen LogP contribution in [0.1, 0.15) is 27.6 Å². The minimum atomic E-state index is -0.661. The maximum absolute atomic E-state index is 11.1. The van der Waals surface area contributed by atoms with E-state index in [1.165, 1.54) is 32.2 Å². The number of ketones is 1. The van der Waals surface area contributed by atoms with Crippen molar-refractivity contribution in [3.63, 3.8) is 0 Å². The number of aromatic hydroxyl groups is 1. The van der Waals surface area contributed by atoms with Gasteiger partial charge in [-0.1, -0.05) is 0 Å². The van der Waals surface area contributed by atoms with Crippen molar-refractivity contribution in [3.8, 4) is 5.75 Å². The molecule has 1 rings (SSSR count). The number of Topliss-reactive ketones (excluding diaryl/α,β-unsaturated/α-hetero) is 1. The Labute approximate surface area is 81.1 Å². The number of ether oxygens (including phenoxy) is 1. The van der Waals surface area contributed by atoms with Crippen molar-refractivity contribution in [1.29, 1.82) is 0 Å². The summed E-state index contributed by atoms with van der Waals surface area (Å²) in [4.78, 5) is 22.1. The first-order chi connectivity index (χ1) is 6.56. The van der Waals surface area contributed by atoms with Gasteiger partial charge in [-0.3, -0.25) is 4.79 Å². The molecule has 0 atom stereocenters. The fourth-order valence-corrected chi connectivity index (χ4v) is 1.03. The van der Waals surface area contributed by atoms with Crippen LogP contribution in [-0.2, 0) is 4.74 Å². The van der Waals surface area contributed by atoms with Crippen molar-refractivity contribution in [2.45, 2.75) is 6.92 Å². The second-order valence-electron chi connectivity index (χ2n) is 2.78. The number of phenols is 1. The molecular weight excluding hydrogens is 185 g/mol. The zero-order chi connectivity index (χ0) is 10.7. The molecule has 0 spiro atoms. The second-order valence-corrected chi connectivity index (χ2v) is 2.78. The molecule has 0 bridgehead atoms. The van der Waals surface area contributed by atoms with Gasteiger partial charge in [0.2, 0.25) is 0 Å². The summed E-state index contributed by atoms with van der Waals surface area (Å²) in [5, 5.41) is 9.31. The van der Waals surface area contributed by atoms with Crippen LogP contribution in [0.3, 0.4) is 0 Å². The molecule has 0 amide bonds. The minimum Gasteiger partial charge on any atom is -0.507 e. The van der Waals surface area contributed by atoms with Crippen molar-refractivity contribution < 1.29 is 19.4 Å². The quantitative estimate of drug-likeness (QED) is 0.440. The average Bonchev–Trinajstić information content (AvgIpc) is 2.17. The zero-order valence-electron chi connectivity index (χ0n) is 7.90. The first kappa shape index (κ1) is 10.2. The Morgan fingerprint density at radius 2 is 2.00 bits per heavy atom. The van der Waals surface area contributed by atoms with E-state index in [2.05, 4.69) is 4.74 Å². The average molecular weight is 195 g/mol. The van der Waals surface area contributed by atoms with Crippen LogP contribution < -0.4 is 0 Å². The predicted octanol–water partition coefficient (Wildman–Crippen LogP) is 1.38. The highest BCUT2D eigenvalue weighted by Gasteiger charge is 2.13. The SMILES string of the molecule is COC(=O)c1cc([13C](C)=O)ccc1O. The molecule has 0 aliphatic carbocycles. The lowest BCUT2D eigenvalue weighted by Crippen LogP contribution is -2.03. The van der Waals surface area contributed by atoms with E-state index in [-0.39, 0.29) is 17.1 Å². The molecular formula is C10H10O4. The van der Waals surface area contributed by atoms with Gasteiger partial charge < -0.3 is 9.84 Å². The third kappa shape index (κ3) is 1.90. The first-order valence-corrected chi connectivity index (χ1v) is 3.98. The third-order valence-electron chi connectivity index (χ3n) is 1.81. The largest absolute Gasteiger partial charge is 0.507 e. The monoisotopic (exact) mass is 195 g/mol. The molecule has 0 aromatic heterocycles. The molecule has 0 radical (unpaired) electrons. The Morgan fingerprint density at radius 1 is 1.36 bits per heavy atom. The Kier molecular flexibility index (Phi) is 2.86.